The molecule has 17 heavy (non-hydrogen) atoms. The number of hydrogen-bond donors (Lipinski definition) is 2. The van der Waals surface area contributed by atoms with E-state index in [1.165, 1.54) is 0 Å². The zero-order valence-electron chi connectivity index (χ0n) is 10.5. The fraction of sp³-hybridized carbons (Fsp3) is 0.667. The van der Waals surface area contributed by atoms with E-state index in [1.807, 2.05) is 12.3 Å². The standard InChI is InChI=1S/C12H21N3OS/c1-3-4-10(7-13)12(16)14-6-5-11-15-9(2)8-17-11/h8,10H,3-7,13H2,1-2H3,(H,14,16). The fourth-order valence-corrected chi connectivity index (χ4v) is 2.43. The van der Waals surface area contributed by atoms with Crippen molar-refractivity contribution in [3.63, 3.8) is 0 Å². The van der Waals surface area contributed by atoms with Gasteiger partial charge in [-0.3, -0.25) is 4.79 Å². The Hall–Kier alpha value is -0.940. The van der Waals surface area contributed by atoms with Crippen LogP contribution in [-0.4, -0.2) is 24.0 Å². The number of rotatable bonds is 7. The smallest absolute Gasteiger partial charge is 0.224 e. The SMILES string of the molecule is CCCC(CN)C(=O)NCCc1nc(C)cs1. The first-order valence-corrected chi connectivity index (χ1v) is 6.94. The predicted octanol–water partition coefficient (Wildman–Crippen LogP) is 1.49. The van der Waals surface area contributed by atoms with Crippen LogP contribution in [0.3, 0.4) is 0 Å². The largest absolute Gasteiger partial charge is 0.355 e. The molecule has 96 valence electrons. The minimum atomic E-state index is -0.0435. The van der Waals surface area contributed by atoms with E-state index in [-0.39, 0.29) is 11.8 Å². The Morgan fingerprint density at radius 2 is 2.41 bits per heavy atom. The molecule has 5 heteroatoms. The van der Waals surface area contributed by atoms with E-state index in [0.717, 1.165) is 30.0 Å². The lowest BCUT2D eigenvalue weighted by Gasteiger charge is -2.13. The third-order valence-electron chi connectivity index (χ3n) is 2.60. The van der Waals surface area contributed by atoms with Crippen LogP contribution in [0, 0.1) is 12.8 Å². The van der Waals surface area contributed by atoms with Gasteiger partial charge >= 0.3 is 0 Å². The maximum Gasteiger partial charge on any atom is 0.224 e. The number of carbonyl (C=O) groups excluding carboxylic acids is 1. The second kappa shape index (κ2) is 7.40. The monoisotopic (exact) mass is 255 g/mol. The lowest BCUT2D eigenvalue weighted by molar-refractivity contribution is -0.124. The van der Waals surface area contributed by atoms with Crippen LogP contribution in [0.15, 0.2) is 5.38 Å². The number of amides is 1. The Morgan fingerprint density at radius 3 is 2.94 bits per heavy atom. The number of nitrogens with zero attached hydrogens (tertiary/aromatic N) is 1. The molecule has 0 aliphatic rings. The van der Waals surface area contributed by atoms with Crippen LogP contribution in [0.25, 0.3) is 0 Å². The van der Waals surface area contributed by atoms with Crippen molar-refractivity contribution >= 4 is 17.2 Å². The predicted molar refractivity (Wildman–Crippen MR) is 71.0 cm³/mol. The van der Waals surface area contributed by atoms with Gasteiger partial charge in [0.15, 0.2) is 0 Å². The van der Waals surface area contributed by atoms with Crippen molar-refractivity contribution in [2.75, 3.05) is 13.1 Å². The molecule has 4 nitrogen and oxygen atoms in total. The van der Waals surface area contributed by atoms with Gasteiger partial charge in [-0.1, -0.05) is 13.3 Å². The highest BCUT2D eigenvalue weighted by molar-refractivity contribution is 7.09. The minimum absolute atomic E-state index is 0.0435. The normalized spacial score (nSPS) is 12.4. The number of hydrogen-bond acceptors (Lipinski definition) is 4. The molecule has 1 atom stereocenters. The van der Waals surface area contributed by atoms with E-state index in [1.54, 1.807) is 11.3 Å². The van der Waals surface area contributed by atoms with Gasteiger partial charge < -0.3 is 11.1 Å². The van der Waals surface area contributed by atoms with Gasteiger partial charge in [0, 0.05) is 30.6 Å². The molecule has 0 aliphatic carbocycles. The Labute approximate surface area is 107 Å². The molecule has 0 aromatic carbocycles. The summed E-state index contributed by atoms with van der Waals surface area (Å²) in [4.78, 5) is 16.1. The highest BCUT2D eigenvalue weighted by Gasteiger charge is 2.14. The number of aromatic nitrogens is 1. The van der Waals surface area contributed by atoms with Gasteiger partial charge in [-0.05, 0) is 13.3 Å². The number of thiazole rings is 1. The number of carbonyl (C=O) groups is 1. The highest BCUT2D eigenvalue weighted by atomic mass is 32.1. The Bertz CT molecular complexity index is 351. The van der Waals surface area contributed by atoms with Gasteiger partial charge in [-0.15, -0.1) is 11.3 Å². The van der Waals surface area contributed by atoms with E-state index in [2.05, 4.69) is 17.2 Å². The second-order valence-corrected chi connectivity index (χ2v) is 5.09. The summed E-state index contributed by atoms with van der Waals surface area (Å²) in [6.45, 7) is 5.11. The molecule has 0 aliphatic heterocycles. The molecule has 0 saturated carbocycles. The van der Waals surface area contributed by atoms with Gasteiger partial charge in [0.25, 0.3) is 0 Å². The van der Waals surface area contributed by atoms with Crippen LogP contribution in [-0.2, 0) is 11.2 Å². The molecule has 0 radical (unpaired) electrons. The number of aryl methyl sites for hydroxylation is 1. The van der Waals surface area contributed by atoms with Crippen molar-refractivity contribution < 1.29 is 4.79 Å². The van der Waals surface area contributed by atoms with Crippen LogP contribution < -0.4 is 11.1 Å². The summed E-state index contributed by atoms with van der Waals surface area (Å²) in [6, 6.07) is 0. The molecule has 1 amide bonds. The summed E-state index contributed by atoms with van der Waals surface area (Å²) in [5.41, 5.74) is 6.62. The highest BCUT2D eigenvalue weighted by Crippen LogP contribution is 2.09. The van der Waals surface area contributed by atoms with E-state index < -0.39 is 0 Å². The Balaban J connectivity index is 2.28. The van der Waals surface area contributed by atoms with Gasteiger partial charge in [-0.2, -0.15) is 0 Å². The first kappa shape index (κ1) is 14.1. The summed E-state index contributed by atoms with van der Waals surface area (Å²) >= 11 is 1.64. The molecule has 1 heterocycles. The molecule has 3 N–H and O–H groups in total. The first-order chi connectivity index (χ1) is 8.17. The van der Waals surface area contributed by atoms with Gasteiger partial charge in [0.05, 0.1) is 10.9 Å². The molecule has 0 spiro atoms. The number of nitrogens with two attached hydrogens (primary N) is 1. The average molecular weight is 255 g/mol. The minimum Gasteiger partial charge on any atom is -0.355 e. The van der Waals surface area contributed by atoms with Gasteiger partial charge in [-0.25, -0.2) is 4.98 Å². The number of nitrogens with one attached hydrogen (secondary N) is 1. The molecule has 0 bridgehead atoms. The van der Waals surface area contributed by atoms with Crippen LogP contribution in [0.5, 0.6) is 0 Å². The summed E-state index contributed by atoms with van der Waals surface area (Å²) in [5, 5.41) is 6.02. The Kier molecular flexibility index (Phi) is 6.15. The molecule has 1 rings (SSSR count). The summed E-state index contributed by atoms with van der Waals surface area (Å²) < 4.78 is 0. The fourth-order valence-electron chi connectivity index (χ4n) is 1.66. The molecular formula is C12H21N3OS. The molecule has 1 aromatic rings. The first-order valence-electron chi connectivity index (χ1n) is 6.06. The third kappa shape index (κ3) is 4.83. The van der Waals surface area contributed by atoms with Crippen molar-refractivity contribution in [1.82, 2.24) is 10.3 Å². The Morgan fingerprint density at radius 1 is 1.65 bits per heavy atom. The van der Waals surface area contributed by atoms with Crippen molar-refractivity contribution in [3.05, 3.63) is 16.1 Å². The maximum absolute atomic E-state index is 11.8. The van der Waals surface area contributed by atoms with Gasteiger partial charge in [0.1, 0.15) is 0 Å². The molecule has 0 saturated heterocycles. The summed E-state index contributed by atoms with van der Waals surface area (Å²) in [7, 11) is 0. The lowest BCUT2D eigenvalue weighted by Crippen LogP contribution is -2.36. The lowest BCUT2D eigenvalue weighted by atomic mass is 10.0. The zero-order chi connectivity index (χ0) is 12.7. The van der Waals surface area contributed by atoms with Crippen molar-refractivity contribution in [2.45, 2.75) is 33.1 Å². The van der Waals surface area contributed by atoms with E-state index >= 15 is 0 Å². The zero-order valence-corrected chi connectivity index (χ0v) is 11.3. The van der Waals surface area contributed by atoms with Crippen molar-refractivity contribution in [1.29, 1.82) is 0 Å². The summed E-state index contributed by atoms with van der Waals surface area (Å²) in [6.07, 6.45) is 2.65. The molecule has 0 fully saturated rings. The molecule has 1 unspecified atom stereocenters. The van der Waals surface area contributed by atoms with E-state index in [9.17, 15) is 4.79 Å². The van der Waals surface area contributed by atoms with Crippen molar-refractivity contribution in [3.8, 4) is 0 Å². The average Bonchev–Trinajstić information content (AvgIpc) is 2.71. The van der Waals surface area contributed by atoms with Crippen LogP contribution >= 0.6 is 11.3 Å². The topological polar surface area (TPSA) is 68.0 Å². The molecule has 1 aromatic heterocycles. The third-order valence-corrected chi connectivity index (χ3v) is 3.62. The molecular weight excluding hydrogens is 234 g/mol. The van der Waals surface area contributed by atoms with E-state index in [4.69, 9.17) is 5.73 Å². The van der Waals surface area contributed by atoms with Crippen molar-refractivity contribution in [2.24, 2.45) is 11.7 Å². The van der Waals surface area contributed by atoms with Crippen LogP contribution in [0.1, 0.15) is 30.5 Å². The van der Waals surface area contributed by atoms with E-state index in [0.29, 0.717) is 13.1 Å². The quantitative estimate of drug-likeness (QED) is 0.775. The van der Waals surface area contributed by atoms with Gasteiger partial charge in [0.2, 0.25) is 5.91 Å². The second-order valence-electron chi connectivity index (χ2n) is 4.14. The maximum atomic E-state index is 11.8. The van der Waals surface area contributed by atoms with Crippen LogP contribution in [0.2, 0.25) is 0 Å². The summed E-state index contributed by atoms with van der Waals surface area (Å²) in [5.74, 6) is 0.0284. The van der Waals surface area contributed by atoms with Crippen LogP contribution in [0.4, 0.5) is 0 Å².